The number of aliphatic hydroxyl groups is 1. The number of hydrogen-bond acceptors (Lipinski definition) is 4. The lowest BCUT2D eigenvalue weighted by molar-refractivity contribution is -0.117. The molecule has 4 nitrogen and oxygen atoms in total. The van der Waals surface area contributed by atoms with Gasteiger partial charge < -0.3 is 14.9 Å². The molecule has 1 aromatic carbocycles. The van der Waals surface area contributed by atoms with Gasteiger partial charge in [-0.15, -0.1) is 0 Å². The Bertz CT molecular complexity index is 744. The van der Waals surface area contributed by atoms with Gasteiger partial charge in [0.1, 0.15) is 18.1 Å². The van der Waals surface area contributed by atoms with E-state index in [1.807, 2.05) is 6.07 Å². The first-order chi connectivity index (χ1) is 12.6. The molecule has 0 aromatic heterocycles. The molecule has 26 heavy (non-hydrogen) atoms. The van der Waals surface area contributed by atoms with E-state index >= 15 is 0 Å². The molecule has 0 amide bonds. The summed E-state index contributed by atoms with van der Waals surface area (Å²) in [5.41, 5.74) is 2.91. The minimum Gasteiger partial charge on any atom is -0.507 e. The Labute approximate surface area is 154 Å². The molecule has 1 aromatic rings. The number of carbonyl (C=O) groups excluding carboxylic acids is 1. The number of hydrogen-bond donors (Lipinski definition) is 2. The highest BCUT2D eigenvalue weighted by Crippen LogP contribution is 2.58. The molecule has 4 aliphatic rings. The second-order valence-corrected chi connectivity index (χ2v) is 8.02. The van der Waals surface area contributed by atoms with Gasteiger partial charge in [-0.1, -0.05) is 12.1 Å². The van der Waals surface area contributed by atoms with Crippen molar-refractivity contribution >= 4 is 17.6 Å². The summed E-state index contributed by atoms with van der Waals surface area (Å²) < 4.78 is 5.84. The summed E-state index contributed by atoms with van der Waals surface area (Å²) >= 11 is 0. The minimum absolute atomic E-state index is 0.114. The van der Waals surface area contributed by atoms with E-state index in [-0.39, 0.29) is 11.5 Å². The van der Waals surface area contributed by atoms with Gasteiger partial charge in [0.05, 0.1) is 7.11 Å². The Kier molecular flexibility index (Phi) is 4.62. The Morgan fingerprint density at radius 2 is 1.81 bits per heavy atom. The summed E-state index contributed by atoms with van der Waals surface area (Å²) in [6.45, 7) is -0.528. The largest absolute Gasteiger partial charge is 0.507 e. The van der Waals surface area contributed by atoms with Gasteiger partial charge in [0.2, 0.25) is 0 Å². The molecule has 0 atom stereocenters. The third kappa shape index (κ3) is 3.07. The molecule has 138 valence electrons. The lowest BCUT2D eigenvalue weighted by Crippen LogP contribution is -2.40. The molecular weight excluding hydrogens is 328 g/mol. The van der Waals surface area contributed by atoms with Crippen molar-refractivity contribution in [3.8, 4) is 5.75 Å². The van der Waals surface area contributed by atoms with Gasteiger partial charge in [-0.3, -0.25) is 4.79 Å². The average molecular weight is 354 g/mol. The molecule has 4 aliphatic carbocycles. The number of methoxy groups -OCH3 is 1. The van der Waals surface area contributed by atoms with E-state index in [0.717, 1.165) is 23.2 Å². The van der Waals surface area contributed by atoms with Crippen LogP contribution >= 0.6 is 0 Å². The fraction of sp³-hybridized carbons (Fsp3) is 0.500. The predicted octanol–water partition coefficient (Wildman–Crippen LogP) is 3.78. The van der Waals surface area contributed by atoms with Crippen LogP contribution in [0.4, 0.5) is 0 Å². The van der Waals surface area contributed by atoms with Crippen molar-refractivity contribution in [2.45, 2.75) is 32.1 Å². The summed E-state index contributed by atoms with van der Waals surface area (Å²) in [4.78, 5) is 11.2. The number of phenolic OH excluding ortho intramolecular Hbond substituents is 1. The molecule has 4 saturated carbocycles. The Morgan fingerprint density at radius 3 is 2.35 bits per heavy atom. The summed E-state index contributed by atoms with van der Waals surface area (Å²) in [6.07, 6.45) is 9.35. The molecular formula is C22H26O4. The quantitative estimate of drug-likeness (QED) is 0.624. The van der Waals surface area contributed by atoms with Crippen LogP contribution in [0.5, 0.6) is 5.75 Å². The topological polar surface area (TPSA) is 66.8 Å². The smallest absolute Gasteiger partial charge is 0.181 e. The number of aromatic hydroxyl groups is 1. The third-order valence-corrected chi connectivity index (χ3v) is 6.38. The second-order valence-electron chi connectivity index (χ2n) is 8.02. The van der Waals surface area contributed by atoms with Crippen LogP contribution in [-0.2, 0) is 9.53 Å². The van der Waals surface area contributed by atoms with Gasteiger partial charge >= 0.3 is 0 Å². The van der Waals surface area contributed by atoms with E-state index in [2.05, 4.69) is 0 Å². The van der Waals surface area contributed by atoms with E-state index in [9.17, 15) is 9.90 Å². The van der Waals surface area contributed by atoms with E-state index < -0.39 is 6.61 Å². The molecule has 0 aliphatic heterocycles. The monoisotopic (exact) mass is 354 g/mol. The summed E-state index contributed by atoms with van der Waals surface area (Å²) in [7, 11) is 1.72. The fourth-order valence-corrected chi connectivity index (χ4v) is 5.53. The van der Waals surface area contributed by atoms with Gasteiger partial charge in [-0.2, -0.15) is 0 Å². The average Bonchev–Trinajstić information content (AvgIpc) is 2.62. The molecule has 4 bridgehead atoms. The Hall–Kier alpha value is -2.07. The van der Waals surface area contributed by atoms with Crippen LogP contribution in [0.25, 0.3) is 11.8 Å². The molecule has 0 saturated heterocycles. The van der Waals surface area contributed by atoms with Crippen LogP contribution in [0.15, 0.2) is 29.8 Å². The highest BCUT2D eigenvalue weighted by molar-refractivity contribution is 5.94. The number of ketones is 1. The Balaban J connectivity index is 1.66. The first-order valence-electron chi connectivity index (χ1n) is 9.52. The summed E-state index contributed by atoms with van der Waals surface area (Å²) in [5, 5.41) is 19.2. The number of ether oxygens (including phenoxy) is 1. The van der Waals surface area contributed by atoms with Gasteiger partial charge in [0.25, 0.3) is 0 Å². The van der Waals surface area contributed by atoms with Crippen molar-refractivity contribution in [3.05, 3.63) is 41.0 Å². The van der Waals surface area contributed by atoms with Crippen LogP contribution in [0.1, 0.15) is 43.2 Å². The highest BCUT2D eigenvalue weighted by Gasteiger charge is 2.46. The minimum atomic E-state index is -0.528. The lowest BCUT2D eigenvalue weighted by Gasteiger charge is -2.51. The molecule has 4 heteroatoms. The second kappa shape index (κ2) is 6.92. The zero-order chi connectivity index (χ0) is 18.3. The van der Waals surface area contributed by atoms with E-state index in [0.29, 0.717) is 17.4 Å². The van der Waals surface area contributed by atoms with Crippen molar-refractivity contribution in [2.75, 3.05) is 13.7 Å². The van der Waals surface area contributed by atoms with Gasteiger partial charge in [0.15, 0.2) is 5.78 Å². The number of phenols is 1. The lowest BCUT2D eigenvalue weighted by atomic mass is 9.54. The molecule has 2 N–H and O–H groups in total. The highest BCUT2D eigenvalue weighted by atomic mass is 16.5. The van der Waals surface area contributed by atoms with Crippen LogP contribution in [0.3, 0.4) is 0 Å². The molecule has 4 fully saturated rings. The maximum atomic E-state index is 11.2. The SMILES string of the molecule is COC(=C1C2CC3CC(C2)CC1C3)c1ccc(/C=C/C(=O)CO)c(O)c1. The van der Waals surface area contributed by atoms with E-state index in [1.165, 1.54) is 49.8 Å². The summed E-state index contributed by atoms with van der Waals surface area (Å²) in [5.74, 6) is 3.70. The fourth-order valence-electron chi connectivity index (χ4n) is 5.53. The molecule has 0 radical (unpaired) electrons. The van der Waals surface area contributed by atoms with Crippen LogP contribution in [0, 0.1) is 23.7 Å². The normalized spacial score (nSPS) is 29.4. The number of allylic oxidation sites excluding steroid dienone is 1. The number of carbonyl (C=O) groups is 1. The van der Waals surface area contributed by atoms with Crippen LogP contribution in [0.2, 0.25) is 0 Å². The molecule has 0 spiro atoms. The van der Waals surface area contributed by atoms with E-state index in [4.69, 9.17) is 9.84 Å². The maximum Gasteiger partial charge on any atom is 0.181 e. The van der Waals surface area contributed by atoms with Crippen molar-refractivity contribution < 1.29 is 19.7 Å². The zero-order valence-electron chi connectivity index (χ0n) is 15.1. The van der Waals surface area contributed by atoms with Gasteiger partial charge in [-0.25, -0.2) is 0 Å². The number of rotatable bonds is 5. The van der Waals surface area contributed by atoms with Crippen LogP contribution < -0.4 is 0 Å². The van der Waals surface area contributed by atoms with Crippen molar-refractivity contribution in [1.82, 2.24) is 0 Å². The van der Waals surface area contributed by atoms with Gasteiger partial charge in [-0.05, 0) is 79.6 Å². The van der Waals surface area contributed by atoms with Gasteiger partial charge in [0, 0.05) is 11.1 Å². The molecule has 0 unspecified atom stereocenters. The van der Waals surface area contributed by atoms with Crippen molar-refractivity contribution in [1.29, 1.82) is 0 Å². The van der Waals surface area contributed by atoms with Crippen LogP contribution in [-0.4, -0.2) is 29.7 Å². The molecule has 5 rings (SSSR count). The zero-order valence-corrected chi connectivity index (χ0v) is 15.1. The molecule has 0 heterocycles. The third-order valence-electron chi connectivity index (χ3n) is 6.38. The number of benzene rings is 1. The van der Waals surface area contributed by atoms with Crippen molar-refractivity contribution in [3.63, 3.8) is 0 Å². The first kappa shape index (κ1) is 17.3. The summed E-state index contributed by atoms with van der Waals surface area (Å²) in [6, 6.07) is 5.46. The Morgan fingerprint density at radius 1 is 1.15 bits per heavy atom. The number of aliphatic hydroxyl groups excluding tert-OH is 1. The van der Waals surface area contributed by atoms with E-state index in [1.54, 1.807) is 19.2 Å². The first-order valence-corrected chi connectivity index (χ1v) is 9.52. The maximum absolute atomic E-state index is 11.2. The van der Waals surface area contributed by atoms with Crippen molar-refractivity contribution in [2.24, 2.45) is 23.7 Å². The standard InChI is InChI=1S/C22H26O4/c1-26-22(21-17-7-13-6-14(9-17)10-18(21)8-13)16-3-2-15(20(25)11-16)4-5-19(24)12-23/h2-5,11,13-14,17-18,23,25H,6-10,12H2,1H3/b5-4+,22-21?. The predicted molar refractivity (Wildman–Crippen MR) is 100 cm³/mol.